The molecule has 2 aliphatic rings. The largest absolute Gasteiger partial charge is 0.299 e. The monoisotopic (exact) mass is 274 g/mol. The Bertz CT molecular complexity index is 400. The van der Waals surface area contributed by atoms with Gasteiger partial charge in [0.25, 0.3) is 10.2 Å². The molecule has 0 aromatic carbocycles. The Kier molecular flexibility index (Phi) is 4.40. The zero-order valence-corrected chi connectivity index (χ0v) is 11.8. The van der Waals surface area contributed by atoms with Crippen LogP contribution in [0.25, 0.3) is 0 Å². The smallest absolute Gasteiger partial charge is 0.282 e. The highest BCUT2D eigenvalue weighted by Crippen LogP contribution is 2.21. The van der Waals surface area contributed by atoms with Gasteiger partial charge in [0.15, 0.2) is 0 Å². The molecule has 18 heavy (non-hydrogen) atoms. The van der Waals surface area contributed by atoms with Crippen molar-refractivity contribution in [3.8, 4) is 0 Å². The first-order valence-corrected chi connectivity index (χ1v) is 8.19. The van der Waals surface area contributed by atoms with E-state index in [4.69, 9.17) is 0 Å². The van der Waals surface area contributed by atoms with Crippen LogP contribution in [0, 0.1) is 5.92 Å². The van der Waals surface area contributed by atoms with Gasteiger partial charge in [-0.15, -0.1) is 0 Å². The molecule has 2 heterocycles. The van der Waals surface area contributed by atoms with Gasteiger partial charge in [-0.3, -0.25) is 4.79 Å². The third-order valence-corrected chi connectivity index (χ3v) is 5.85. The van der Waals surface area contributed by atoms with Crippen LogP contribution in [0.4, 0.5) is 0 Å². The van der Waals surface area contributed by atoms with E-state index in [2.05, 4.69) is 0 Å². The van der Waals surface area contributed by atoms with Crippen LogP contribution in [-0.2, 0) is 15.0 Å². The SMILES string of the molecule is CC1CN(S(=O)(=O)N2CCCCCC2)CCC1=O. The van der Waals surface area contributed by atoms with Crippen molar-refractivity contribution in [2.24, 2.45) is 5.92 Å². The summed E-state index contributed by atoms with van der Waals surface area (Å²) >= 11 is 0. The number of Topliss-reactive ketones (excluding diaryl/α,β-unsaturated/α-hetero) is 1. The van der Waals surface area contributed by atoms with Crippen molar-refractivity contribution in [3.05, 3.63) is 0 Å². The van der Waals surface area contributed by atoms with Crippen LogP contribution in [0.1, 0.15) is 39.0 Å². The molecule has 2 aliphatic heterocycles. The molecule has 0 aromatic rings. The molecule has 0 bridgehead atoms. The highest BCUT2D eigenvalue weighted by molar-refractivity contribution is 7.86. The Labute approximate surface area is 109 Å². The van der Waals surface area contributed by atoms with Crippen LogP contribution < -0.4 is 0 Å². The van der Waals surface area contributed by atoms with E-state index in [1.54, 1.807) is 4.31 Å². The van der Waals surface area contributed by atoms with Gasteiger partial charge in [0, 0.05) is 38.5 Å². The molecule has 5 nitrogen and oxygen atoms in total. The number of piperidine rings is 1. The van der Waals surface area contributed by atoms with E-state index in [0.29, 0.717) is 32.6 Å². The van der Waals surface area contributed by atoms with Gasteiger partial charge in [-0.05, 0) is 12.8 Å². The van der Waals surface area contributed by atoms with E-state index in [9.17, 15) is 13.2 Å². The van der Waals surface area contributed by atoms with E-state index in [0.717, 1.165) is 25.7 Å². The lowest BCUT2D eigenvalue weighted by Crippen LogP contribution is -2.49. The topological polar surface area (TPSA) is 57.7 Å². The van der Waals surface area contributed by atoms with Crippen LogP contribution in [0.2, 0.25) is 0 Å². The van der Waals surface area contributed by atoms with Crippen molar-refractivity contribution in [2.75, 3.05) is 26.2 Å². The molecule has 1 unspecified atom stereocenters. The Morgan fingerprint density at radius 1 is 1.00 bits per heavy atom. The van der Waals surface area contributed by atoms with Gasteiger partial charge in [0.2, 0.25) is 0 Å². The number of rotatable bonds is 2. The van der Waals surface area contributed by atoms with Gasteiger partial charge < -0.3 is 0 Å². The average molecular weight is 274 g/mol. The second-order valence-electron chi connectivity index (χ2n) is 5.30. The Hall–Kier alpha value is -0.460. The molecule has 6 heteroatoms. The fourth-order valence-electron chi connectivity index (χ4n) is 2.63. The van der Waals surface area contributed by atoms with Gasteiger partial charge in [0.05, 0.1) is 0 Å². The Morgan fingerprint density at radius 3 is 2.17 bits per heavy atom. The van der Waals surface area contributed by atoms with E-state index in [-0.39, 0.29) is 11.7 Å². The molecular formula is C12H22N2O3S. The van der Waals surface area contributed by atoms with Crippen molar-refractivity contribution < 1.29 is 13.2 Å². The van der Waals surface area contributed by atoms with Crippen LogP contribution in [0.5, 0.6) is 0 Å². The minimum Gasteiger partial charge on any atom is -0.299 e. The molecule has 0 aromatic heterocycles. The van der Waals surface area contributed by atoms with Crippen LogP contribution >= 0.6 is 0 Å². The first-order chi connectivity index (χ1) is 8.51. The lowest BCUT2D eigenvalue weighted by Gasteiger charge is -2.33. The summed E-state index contributed by atoms with van der Waals surface area (Å²) in [4.78, 5) is 11.5. The van der Waals surface area contributed by atoms with Gasteiger partial charge in [0.1, 0.15) is 5.78 Å². The van der Waals surface area contributed by atoms with Crippen LogP contribution in [0.15, 0.2) is 0 Å². The quantitative estimate of drug-likeness (QED) is 0.755. The number of hydrogen-bond donors (Lipinski definition) is 0. The van der Waals surface area contributed by atoms with Crippen molar-refractivity contribution in [1.29, 1.82) is 0 Å². The first-order valence-electron chi connectivity index (χ1n) is 6.80. The number of nitrogens with zero attached hydrogens (tertiary/aromatic N) is 2. The van der Waals surface area contributed by atoms with E-state index in [1.807, 2.05) is 6.92 Å². The number of ketones is 1. The summed E-state index contributed by atoms with van der Waals surface area (Å²) in [6.07, 6.45) is 4.47. The number of carbonyl (C=O) groups excluding carboxylic acids is 1. The maximum absolute atomic E-state index is 12.5. The summed E-state index contributed by atoms with van der Waals surface area (Å²) < 4.78 is 28.1. The molecular weight excluding hydrogens is 252 g/mol. The molecule has 0 aliphatic carbocycles. The predicted octanol–water partition coefficient (Wildman–Crippen LogP) is 1.02. The minimum atomic E-state index is -3.35. The van der Waals surface area contributed by atoms with E-state index < -0.39 is 10.2 Å². The molecule has 2 rings (SSSR count). The molecule has 0 spiro atoms. The molecule has 2 fully saturated rings. The normalized spacial score (nSPS) is 29.2. The molecule has 0 N–H and O–H groups in total. The maximum atomic E-state index is 12.5. The zero-order valence-electron chi connectivity index (χ0n) is 11.0. The maximum Gasteiger partial charge on any atom is 0.282 e. The zero-order chi connectivity index (χ0) is 13.2. The highest BCUT2D eigenvalue weighted by atomic mass is 32.2. The average Bonchev–Trinajstić information content (AvgIpc) is 2.61. The van der Waals surface area contributed by atoms with E-state index >= 15 is 0 Å². The van der Waals surface area contributed by atoms with Crippen LogP contribution in [0.3, 0.4) is 0 Å². The summed E-state index contributed by atoms with van der Waals surface area (Å²) in [7, 11) is -3.35. The Balaban J connectivity index is 2.07. The summed E-state index contributed by atoms with van der Waals surface area (Å²) in [5, 5.41) is 0. The third-order valence-electron chi connectivity index (χ3n) is 3.85. The van der Waals surface area contributed by atoms with Crippen molar-refractivity contribution in [1.82, 2.24) is 8.61 Å². The summed E-state index contributed by atoms with van der Waals surface area (Å²) in [6.45, 7) is 3.76. The second kappa shape index (κ2) is 5.67. The number of hydrogen-bond acceptors (Lipinski definition) is 3. The molecule has 0 radical (unpaired) electrons. The summed E-state index contributed by atoms with van der Waals surface area (Å²) in [5.41, 5.74) is 0. The third kappa shape index (κ3) is 2.92. The summed E-state index contributed by atoms with van der Waals surface area (Å²) in [5.74, 6) is 0.0119. The fourth-order valence-corrected chi connectivity index (χ4v) is 4.41. The fraction of sp³-hybridized carbons (Fsp3) is 0.917. The highest BCUT2D eigenvalue weighted by Gasteiger charge is 2.35. The van der Waals surface area contributed by atoms with E-state index in [1.165, 1.54) is 4.31 Å². The van der Waals surface area contributed by atoms with Gasteiger partial charge >= 0.3 is 0 Å². The second-order valence-corrected chi connectivity index (χ2v) is 7.22. The minimum absolute atomic E-state index is 0.166. The molecule has 2 saturated heterocycles. The van der Waals surface area contributed by atoms with Crippen molar-refractivity contribution >= 4 is 16.0 Å². The van der Waals surface area contributed by atoms with Crippen molar-refractivity contribution in [3.63, 3.8) is 0 Å². The lowest BCUT2D eigenvalue weighted by atomic mass is 10.0. The molecule has 104 valence electrons. The molecule has 0 amide bonds. The van der Waals surface area contributed by atoms with Crippen LogP contribution in [-0.4, -0.2) is 49.0 Å². The number of carbonyl (C=O) groups is 1. The van der Waals surface area contributed by atoms with Gasteiger partial charge in [-0.25, -0.2) is 0 Å². The molecule has 0 saturated carbocycles. The lowest BCUT2D eigenvalue weighted by molar-refractivity contribution is -0.124. The molecule has 1 atom stereocenters. The first kappa shape index (κ1) is 14.0. The predicted molar refractivity (Wildman–Crippen MR) is 69.3 cm³/mol. The van der Waals surface area contributed by atoms with Gasteiger partial charge in [-0.2, -0.15) is 17.0 Å². The van der Waals surface area contributed by atoms with Crippen molar-refractivity contribution in [2.45, 2.75) is 39.0 Å². The standard InChI is InChI=1S/C12H22N2O3S/c1-11-10-14(9-6-12(11)15)18(16,17)13-7-4-2-3-5-8-13/h11H,2-10H2,1H3. The Morgan fingerprint density at radius 2 is 1.61 bits per heavy atom. The summed E-state index contributed by atoms with van der Waals surface area (Å²) in [6, 6.07) is 0. The van der Waals surface area contributed by atoms with Gasteiger partial charge in [-0.1, -0.05) is 19.8 Å².